The molecule has 2 heteroatoms. The quantitative estimate of drug-likeness (QED) is 0.586. The molecule has 0 unspecified atom stereocenters. The molecule has 1 aliphatic rings. The minimum atomic E-state index is 1.04. The molecule has 1 N–H and O–H groups in total. The second-order valence-electron chi connectivity index (χ2n) is 4.76. The molecule has 0 atom stereocenters. The molecule has 17 heavy (non-hydrogen) atoms. The van der Waals surface area contributed by atoms with Crippen LogP contribution >= 0.6 is 11.3 Å². The monoisotopic (exact) mass is 249 g/mol. The lowest BCUT2D eigenvalue weighted by Crippen LogP contribution is -2.14. The van der Waals surface area contributed by atoms with Gasteiger partial charge in [0, 0.05) is 16.3 Å². The van der Waals surface area contributed by atoms with Crippen molar-refractivity contribution in [1.82, 2.24) is 5.32 Å². The topological polar surface area (TPSA) is 12.0 Å². The molecule has 0 aromatic carbocycles. The van der Waals surface area contributed by atoms with Crippen LogP contribution in [0.4, 0.5) is 0 Å². The minimum Gasteiger partial charge on any atom is -0.312 e. The van der Waals surface area contributed by atoms with Crippen LogP contribution < -0.4 is 5.32 Å². The van der Waals surface area contributed by atoms with Crippen LogP contribution in [0, 0.1) is 0 Å². The van der Waals surface area contributed by atoms with Crippen molar-refractivity contribution in [3.63, 3.8) is 0 Å². The van der Waals surface area contributed by atoms with Crippen LogP contribution in [-0.2, 0) is 13.0 Å². The Morgan fingerprint density at radius 1 is 1.24 bits per heavy atom. The summed E-state index contributed by atoms with van der Waals surface area (Å²) in [6.45, 7) is 4.39. The van der Waals surface area contributed by atoms with Gasteiger partial charge in [0.2, 0.25) is 0 Å². The zero-order valence-electron chi connectivity index (χ0n) is 10.8. The number of rotatable bonds is 6. The zero-order chi connectivity index (χ0) is 11.9. The Bertz CT molecular complexity index is 365. The Labute approximate surface area is 109 Å². The molecule has 94 valence electrons. The number of aryl methyl sites for hydroxylation is 1. The first-order valence-electron chi connectivity index (χ1n) is 6.84. The van der Waals surface area contributed by atoms with E-state index in [1.54, 1.807) is 5.57 Å². The third-order valence-corrected chi connectivity index (χ3v) is 4.60. The molecule has 0 saturated heterocycles. The SMILES string of the molecule is CCc1ccc(CNCCC2=CCCCC2)s1. The van der Waals surface area contributed by atoms with Gasteiger partial charge in [0.15, 0.2) is 0 Å². The van der Waals surface area contributed by atoms with Crippen molar-refractivity contribution in [3.8, 4) is 0 Å². The van der Waals surface area contributed by atoms with E-state index in [0.29, 0.717) is 0 Å². The lowest BCUT2D eigenvalue weighted by atomic mass is 9.97. The Balaban J connectivity index is 1.64. The van der Waals surface area contributed by atoms with Crippen molar-refractivity contribution in [2.45, 2.75) is 52.0 Å². The molecule has 0 fully saturated rings. The standard InChI is InChI=1S/C15H23NS/c1-2-14-8-9-15(17-14)12-16-11-10-13-6-4-3-5-7-13/h6,8-9,16H,2-5,7,10-12H2,1H3. The second kappa shape index (κ2) is 6.97. The van der Waals surface area contributed by atoms with E-state index >= 15 is 0 Å². The predicted molar refractivity (Wildman–Crippen MR) is 76.6 cm³/mol. The molecular formula is C15H23NS. The largest absolute Gasteiger partial charge is 0.312 e. The summed E-state index contributed by atoms with van der Waals surface area (Å²) >= 11 is 1.94. The molecule has 1 aromatic heterocycles. The highest BCUT2D eigenvalue weighted by atomic mass is 32.1. The zero-order valence-corrected chi connectivity index (χ0v) is 11.6. The van der Waals surface area contributed by atoms with Gasteiger partial charge in [-0.05, 0) is 57.2 Å². The maximum absolute atomic E-state index is 3.56. The summed E-state index contributed by atoms with van der Waals surface area (Å²) in [6.07, 6.45) is 10.3. The van der Waals surface area contributed by atoms with Gasteiger partial charge in [-0.1, -0.05) is 18.6 Å². The van der Waals surface area contributed by atoms with Crippen LogP contribution in [-0.4, -0.2) is 6.54 Å². The average Bonchev–Trinajstić information content (AvgIpc) is 2.84. The summed E-state index contributed by atoms with van der Waals surface area (Å²) in [7, 11) is 0. The van der Waals surface area contributed by atoms with Crippen LogP contribution in [0.2, 0.25) is 0 Å². The molecule has 2 rings (SSSR count). The second-order valence-corrected chi connectivity index (χ2v) is 6.01. The fourth-order valence-electron chi connectivity index (χ4n) is 2.30. The van der Waals surface area contributed by atoms with Gasteiger partial charge in [0.25, 0.3) is 0 Å². The first-order valence-corrected chi connectivity index (χ1v) is 7.66. The normalized spacial score (nSPS) is 15.9. The highest BCUT2D eigenvalue weighted by molar-refractivity contribution is 7.11. The Kier molecular flexibility index (Phi) is 5.27. The van der Waals surface area contributed by atoms with E-state index in [-0.39, 0.29) is 0 Å². The van der Waals surface area contributed by atoms with Gasteiger partial charge >= 0.3 is 0 Å². The summed E-state index contributed by atoms with van der Waals surface area (Å²) in [4.78, 5) is 2.97. The van der Waals surface area contributed by atoms with E-state index in [0.717, 1.165) is 19.5 Å². The van der Waals surface area contributed by atoms with Gasteiger partial charge in [-0.3, -0.25) is 0 Å². The van der Waals surface area contributed by atoms with Gasteiger partial charge in [-0.15, -0.1) is 11.3 Å². The molecule has 0 aliphatic heterocycles. The molecular weight excluding hydrogens is 226 g/mol. The number of nitrogens with one attached hydrogen (secondary N) is 1. The lowest BCUT2D eigenvalue weighted by Gasteiger charge is -2.12. The highest BCUT2D eigenvalue weighted by Gasteiger charge is 2.03. The third-order valence-electron chi connectivity index (χ3n) is 3.37. The van der Waals surface area contributed by atoms with Crippen LogP contribution in [0.3, 0.4) is 0 Å². The van der Waals surface area contributed by atoms with Crippen molar-refractivity contribution >= 4 is 11.3 Å². The summed E-state index contributed by atoms with van der Waals surface area (Å²) in [5, 5.41) is 3.56. The molecule has 0 bridgehead atoms. The van der Waals surface area contributed by atoms with Crippen LogP contribution in [0.5, 0.6) is 0 Å². The maximum Gasteiger partial charge on any atom is 0.0299 e. The number of hydrogen-bond acceptors (Lipinski definition) is 2. The van der Waals surface area contributed by atoms with Gasteiger partial charge in [-0.25, -0.2) is 0 Å². The van der Waals surface area contributed by atoms with Gasteiger partial charge in [-0.2, -0.15) is 0 Å². The summed E-state index contributed by atoms with van der Waals surface area (Å²) < 4.78 is 0. The van der Waals surface area contributed by atoms with Gasteiger partial charge in [0.05, 0.1) is 0 Å². The number of thiophene rings is 1. The van der Waals surface area contributed by atoms with Crippen LogP contribution in [0.25, 0.3) is 0 Å². The fourth-order valence-corrected chi connectivity index (χ4v) is 3.23. The molecule has 1 aliphatic carbocycles. The van der Waals surface area contributed by atoms with E-state index in [1.807, 2.05) is 11.3 Å². The molecule has 0 spiro atoms. The van der Waals surface area contributed by atoms with Crippen molar-refractivity contribution < 1.29 is 0 Å². The molecule has 1 nitrogen and oxygen atoms in total. The van der Waals surface area contributed by atoms with Crippen molar-refractivity contribution in [2.24, 2.45) is 0 Å². The Morgan fingerprint density at radius 2 is 2.12 bits per heavy atom. The summed E-state index contributed by atoms with van der Waals surface area (Å²) in [5.74, 6) is 0. The number of allylic oxidation sites excluding steroid dienone is 1. The highest BCUT2D eigenvalue weighted by Crippen LogP contribution is 2.20. The summed E-state index contributed by atoms with van der Waals surface area (Å²) in [6, 6.07) is 4.52. The van der Waals surface area contributed by atoms with Gasteiger partial charge < -0.3 is 5.32 Å². The Hall–Kier alpha value is -0.600. The first-order chi connectivity index (χ1) is 8.38. The van der Waals surface area contributed by atoms with E-state index in [4.69, 9.17) is 0 Å². The fraction of sp³-hybridized carbons (Fsp3) is 0.600. The maximum atomic E-state index is 3.56. The summed E-state index contributed by atoms with van der Waals surface area (Å²) in [5.41, 5.74) is 1.67. The Morgan fingerprint density at radius 3 is 2.82 bits per heavy atom. The smallest absolute Gasteiger partial charge is 0.0299 e. The molecule has 0 radical (unpaired) electrons. The van der Waals surface area contributed by atoms with Crippen molar-refractivity contribution in [1.29, 1.82) is 0 Å². The number of hydrogen-bond donors (Lipinski definition) is 1. The third kappa shape index (κ3) is 4.29. The van der Waals surface area contributed by atoms with E-state index in [1.165, 1.54) is 41.9 Å². The molecule has 1 aromatic rings. The first kappa shape index (κ1) is 12.8. The lowest BCUT2D eigenvalue weighted by molar-refractivity contribution is 0.635. The van der Waals surface area contributed by atoms with E-state index in [9.17, 15) is 0 Å². The molecule has 0 amide bonds. The average molecular weight is 249 g/mol. The van der Waals surface area contributed by atoms with E-state index < -0.39 is 0 Å². The van der Waals surface area contributed by atoms with Crippen molar-refractivity contribution in [2.75, 3.05) is 6.54 Å². The van der Waals surface area contributed by atoms with E-state index in [2.05, 4.69) is 30.4 Å². The van der Waals surface area contributed by atoms with Gasteiger partial charge in [0.1, 0.15) is 0 Å². The van der Waals surface area contributed by atoms with Crippen LogP contribution in [0.15, 0.2) is 23.8 Å². The van der Waals surface area contributed by atoms with Crippen LogP contribution in [0.1, 0.15) is 48.8 Å². The van der Waals surface area contributed by atoms with Crippen molar-refractivity contribution in [3.05, 3.63) is 33.5 Å². The molecule has 1 heterocycles. The minimum absolute atomic E-state index is 1.04. The molecule has 0 saturated carbocycles. The predicted octanol–water partition coefficient (Wildman–Crippen LogP) is 4.29.